The Hall–Kier alpha value is -1.78. The van der Waals surface area contributed by atoms with E-state index in [1.807, 2.05) is 26.0 Å². The van der Waals surface area contributed by atoms with Gasteiger partial charge >= 0.3 is 0 Å². The maximum Gasteiger partial charge on any atom is 0.163 e. The van der Waals surface area contributed by atoms with E-state index in [-0.39, 0.29) is 18.2 Å². The average Bonchev–Trinajstić information content (AvgIpc) is 2.89. The van der Waals surface area contributed by atoms with Crippen LogP contribution in [0.2, 0.25) is 0 Å². The first-order valence-electron chi connectivity index (χ1n) is 8.22. The van der Waals surface area contributed by atoms with Crippen molar-refractivity contribution in [3.8, 4) is 5.75 Å². The summed E-state index contributed by atoms with van der Waals surface area (Å²) in [7, 11) is 1.67. The fraction of sp³-hybridized carbons (Fsp3) is 0.526. The molecule has 2 saturated heterocycles. The van der Waals surface area contributed by atoms with Crippen LogP contribution in [0.4, 0.5) is 5.69 Å². The van der Waals surface area contributed by atoms with Crippen LogP contribution in [-0.2, 0) is 14.2 Å². The maximum atomic E-state index is 6.08. The van der Waals surface area contributed by atoms with Gasteiger partial charge in [0.05, 0.1) is 32.5 Å². The molecule has 2 aliphatic heterocycles. The fourth-order valence-electron chi connectivity index (χ4n) is 3.24. The van der Waals surface area contributed by atoms with Gasteiger partial charge in [-0.3, -0.25) is 0 Å². The lowest BCUT2D eigenvalue weighted by Crippen LogP contribution is -2.67. The highest BCUT2D eigenvalue weighted by Gasteiger charge is 2.49. The molecule has 5 nitrogen and oxygen atoms in total. The van der Waals surface area contributed by atoms with Crippen molar-refractivity contribution >= 4 is 5.69 Å². The molecule has 3 atom stereocenters. The van der Waals surface area contributed by atoms with Crippen LogP contribution >= 0.6 is 0 Å². The van der Waals surface area contributed by atoms with E-state index in [0.717, 1.165) is 18.0 Å². The topological polar surface area (TPSA) is 40.2 Å². The predicted molar refractivity (Wildman–Crippen MR) is 92.5 cm³/mol. The van der Waals surface area contributed by atoms with E-state index in [1.54, 1.807) is 13.2 Å². The summed E-state index contributed by atoms with van der Waals surface area (Å²) >= 11 is 0. The molecule has 2 fully saturated rings. The molecule has 1 aromatic rings. The number of methoxy groups -OCH3 is 1. The Bertz CT molecular complexity index is 606. The molecule has 0 spiro atoms. The van der Waals surface area contributed by atoms with E-state index in [1.165, 1.54) is 0 Å². The second kappa shape index (κ2) is 6.99. The first kappa shape index (κ1) is 17.1. The summed E-state index contributed by atoms with van der Waals surface area (Å²) in [5.74, 6) is 0.304. The van der Waals surface area contributed by atoms with E-state index < -0.39 is 5.79 Å². The lowest BCUT2D eigenvalue weighted by atomic mass is 9.92. The van der Waals surface area contributed by atoms with Gasteiger partial charge in [0, 0.05) is 12.2 Å². The van der Waals surface area contributed by atoms with Gasteiger partial charge in [-0.1, -0.05) is 6.58 Å². The standard InChI is InChI=1S/C19H25NO4/c1-5-6-11-22-16-12-20(14-7-9-15(21-4)10-8-14)18(16)17-13-23-19(2,3)24-17/h6-10,16-18H,1,11-13H2,2-4H3/t16-,17+,18+/m0/s1. The first-order chi connectivity index (χ1) is 11.5. The van der Waals surface area contributed by atoms with Gasteiger partial charge in [-0.2, -0.15) is 0 Å². The molecular formula is C19H25NO4. The van der Waals surface area contributed by atoms with Crippen LogP contribution in [0.3, 0.4) is 0 Å². The Balaban J connectivity index is 1.74. The largest absolute Gasteiger partial charge is 0.497 e. The number of benzene rings is 1. The molecule has 1 aromatic carbocycles. The molecular weight excluding hydrogens is 306 g/mol. The zero-order valence-corrected chi connectivity index (χ0v) is 14.5. The van der Waals surface area contributed by atoms with Crippen molar-refractivity contribution in [2.75, 3.05) is 31.8 Å². The molecule has 0 N–H and O–H groups in total. The number of anilines is 1. The SMILES string of the molecule is C=C=CCO[C@H]1CN(c2ccc(OC)cc2)[C@H]1[C@H]1COC(C)(C)O1. The van der Waals surface area contributed by atoms with Gasteiger partial charge < -0.3 is 23.8 Å². The maximum absolute atomic E-state index is 6.08. The molecule has 5 heteroatoms. The van der Waals surface area contributed by atoms with Gasteiger partial charge in [-0.25, -0.2) is 0 Å². The minimum atomic E-state index is -0.544. The Morgan fingerprint density at radius 1 is 1.38 bits per heavy atom. The molecule has 2 aliphatic rings. The van der Waals surface area contributed by atoms with Crippen molar-refractivity contribution < 1.29 is 18.9 Å². The van der Waals surface area contributed by atoms with Crippen molar-refractivity contribution in [3.05, 3.63) is 42.7 Å². The third kappa shape index (κ3) is 3.50. The van der Waals surface area contributed by atoms with Gasteiger partial charge in [0.2, 0.25) is 0 Å². The second-order valence-corrected chi connectivity index (χ2v) is 6.49. The monoisotopic (exact) mass is 331 g/mol. The first-order valence-corrected chi connectivity index (χ1v) is 8.22. The molecule has 24 heavy (non-hydrogen) atoms. The van der Waals surface area contributed by atoms with Crippen molar-refractivity contribution in [1.29, 1.82) is 0 Å². The fourth-order valence-corrected chi connectivity index (χ4v) is 3.24. The van der Waals surface area contributed by atoms with Crippen LogP contribution in [0.25, 0.3) is 0 Å². The van der Waals surface area contributed by atoms with E-state index in [4.69, 9.17) is 18.9 Å². The van der Waals surface area contributed by atoms with Gasteiger partial charge in [-0.05, 0) is 44.2 Å². The molecule has 0 radical (unpaired) electrons. The molecule has 0 saturated carbocycles. The quantitative estimate of drug-likeness (QED) is 0.750. The minimum Gasteiger partial charge on any atom is -0.497 e. The number of nitrogens with zero attached hydrogens (tertiary/aromatic N) is 1. The number of hydrogen-bond acceptors (Lipinski definition) is 5. The molecule has 0 unspecified atom stereocenters. The van der Waals surface area contributed by atoms with Crippen LogP contribution in [0.5, 0.6) is 5.75 Å². The highest BCUT2D eigenvalue weighted by molar-refractivity contribution is 5.53. The van der Waals surface area contributed by atoms with E-state index in [2.05, 4.69) is 29.3 Å². The second-order valence-electron chi connectivity index (χ2n) is 6.49. The van der Waals surface area contributed by atoms with Crippen LogP contribution in [-0.4, -0.2) is 50.9 Å². The van der Waals surface area contributed by atoms with Crippen LogP contribution < -0.4 is 9.64 Å². The summed E-state index contributed by atoms with van der Waals surface area (Å²) in [6.45, 7) is 9.36. The number of ether oxygens (including phenoxy) is 4. The highest BCUT2D eigenvalue weighted by atomic mass is 16.7. The average molecular weight is 331 g/mol. The summed E-state index contributed by atoms with van der Waals surface area (Å²) in [6, 6.07) is 8.19. The molecule has 0 bridgehead atoms. The summed E-state index contributed by atoms with van der Waals surface area (Å²) in [5, 5.41) is 0. The smallest absolute Gasteiger partial charge is 0.163 e. The molecule has 0 aromatic heterocycles. The Morgan fingerprint density at radius 3 is 2.71 bits per heavy atom. The molecule has 130 valence electrons. The van der Waals surface area contributed by atoms with Crippen molar-refractivity contribution in [1.82, 2.24) is 0 Å². The van der Waals surface area contributed by atoms with E-state index in [0.29, 0.717) is 13.2 Å². The lowest BCUT2D eigenvalue weighted by molar-refractivity contribution is -0.149. The number of rotatable bonds is 6. The predicted octanol–water partition coefficient (Wildman–Crippen LogP) is 2.76. The Morgan fingerprint density at radius 2 is 2.12 bits per heavy atom. The third-order valence-corrected chi connectivity index (χ3v) is 4.47. The van der Waals surface area contributed by atoms with Crippen molar-refractivity contribution in [2.24, 2.45) is 0 Å². The van der Waals surface area contributed by atoms with E-state index in [9.17, 15) is 0 Å². The summed E-state index contributed by atoms with van der Waals surface area (Å²) in [4.78, 5) is 2.30. The van der Waals surface area contributed by atoms with Crippen molar-refractivity contribution in [2.45, 2.75) is 37.9 Å². The summed E-state index contributed by atoms with van der Waals surface area (Å²) in [5.41, 5.74) is 3.87. The van der Waals surface area contributed by atoms with Gasteiger partial charge in [0.25, 0.3) is 0 Å². The third-order valence-electron chi connectivity index (χ3n) is 4.47. The summed E-state index contributed by atoms with van der Waals surface area (Å²) < 4.78 is 23.0. The van der Waals surface area contributed by atoms with Crippen LogP contribution in [0, 0.1) is 0 Å². The van der Waals surface area contributed by atoms with Gasteiger partial charge in [-0.15, -0.1) is 5.73 Å². The normalized spacial score (nSPS) is 28.1. The molecule has 0 amide bonds. The van der Waals surface area contributed by atoms with Gasteiger partial charge in [0.15, 0.2) is 5.79 Å². The van der Waals surface area contributed by atoms with Crippen LogP contribution in [0.1, 0.15) is 13.8 Å². The zero-order valence-electron chi connectivity index (χ0n) is 14.5. The van der Waals surface area contributed by atoms with E-state index >= 15 is 0 Å². The van der Waals surface area contributed by atoms with Crippen LogP contribution in [0.15, 0.2) is 42.7 Å². The number of hydrogen-bond donors (Lipinski definition) is 0. The zero-order chi connectivity index (χ0) is 17.2. The molecule has 2 heterocycles. The van der Waals surface area contributed by atoms with Crippen molar-refractivity contribution in [3.63, 3.8) is 0 Å². The van der Waals surface area contributed by atoms with Gasteiger partial charge in [0.1, 0.15) is 11.9 Å². The highest BCUT2D eigenvalue weighted by Crippen LogP contribution is 2.36. The molecule has 0 aliphatic carbocycles. The Kier molecular flexibility index (Phi) is 4.97. The lowest BCUT2D eigenvalue weighted by Gasteiger charge is -2.51. The Labute approximate surface area is 143 Å². The molecule has 3 rings (SSSR count). The summed E-state index contributed by atoms with van der Waals surface area (Å²) in [6.07, 6.45) is 1.87. The minimum absolute atomic E-state index is 0.0198.